The topological polar surface area (TPSA) is 59.3 Å². The van der Waals surface area contributed by atoms with E-state index in [1.54, 1.807) is 0 Å². The van der Waals surface area contributed by atoms with Crippen LogP contribution < -0.4 is 5.43 Å². The van der Waals surface area contributed by atoms with E-state index in [0.29, 0.717) is 5.75 Å². The van der Waals surface area contributed by atoms with E-state index in [0.717, 1.165) is 17.8 Å². The SMILES string of the molecule is CC1CSc2c(F)c(F)cc3c(=O)c(C(=O)O)cn1c23. The van der Waals surface area contributed by atoms with Crippen LogP contribution >= 0.6 is 11.8 Å². The molecule has 104 valence electrons. The highest BCUT2D eigenvalue weighted by molar-refractivity contribution is 7.99. The van der Waals surface area contributed by atoms with E-state index < -0.39 is 28.6 Å². The molecule has 0 amide bonds. The van der Waals surface area contributed by atoms with Gasteiger partial charge in [-0.1, -0.05) is 0 Å². The van der Waals surface area contributed by atoms with E-state index in [9.17, 15) is 18.4 Å². The Morgan fingerprint density at radius 3 is 2.85 bits per heavy atom. The number of pyridine rings is 1. The number of hydrogen-bond donors (Lipinski definition) is 1. The number of thioether (sulfide) groups is 1. The van der Waals surface area contributed by atoms with E-state index >= 15 is 0 Å². The van der Waals surface area contributed by atoms with Crippen LogP contribution in [0.2, 0.25) is 0 Å². The third-order valence-corrected chi connectivity index (χ3v) is 4.65. The smallest absolute Gasteiger partial charge is 0.341 e. The second-order valence-electron chi connectivity index (χ2n) is 4.64. The summed E-state index contributed by atoms with van der Waals surface area (Å²) in [5, 5.41) is 8.96. The molecule has 1 unspecified atom stereocenters. The van der Waals surface area contributed by atoms with Gasteiger partial charge in [-0.2, -0.15) is 0 Å². The lowest BCUT2D eigenvalue weighted by molar-refractivity contribution is 0.0694. The van der Waals surface area contributed by atoms with Crippen molar-refractivity contribution in [2.45, 2.75) is 17.9 Å². The highest BCUT2D eigenvalue weighted by atomic mass is 32.2. The van der Waals surface area contributed by atoms with Gasteiger partial charge in [-0.05, 0) is 13.0 Å². The van der Waals surface area contributed by atoms with Crippen molar-refractivity contribution in [3.05, 3.63) is 39.7 Å². The minimum Gasteiger partial charge on any atom is -0.477 e. The molecule has 1 aliphatic rings. The normalized spacial score (nSPS) is 17.4. The number of aromatic nitrogens is 1. The Bertz CT molecular complexity index is 816. The van der Waals surface area contributed by atoms with Gasteiger partial charge in [0.25, 0.3) is 0 Å². The second kappa shape index (κ2) is 4.31. The van der Waals surface area contributed by atoms with Gasteiger partial charge in [-0.15, -0.1) is 11.8 Å². The van der Waals surface area contributed by atoms with Crippen molar-refractivity contribution in [3.8, 4) is 0 Å². The minimum absolute atomic E-state index is 0.0622. The zero-order valence-corrected chi connectivity index (χ0v) is 11.1. The first-order valence-electron chi connectivity index (χ1n) is 5.84. The summed E-state index contributed by atoms with van der Waals surface area (Å²) in [6, 6.07) is 0.663. The van der Waals surface area contributed by atoms with Crippen LogP contribution in [-0.4, -0.2) is 21.4 Å². The molecule has 0 fully saturated rings. The summed E-state index contributed by atoms with van der Waals surface area (Å²) in [5.41, 5.74) is -0.963. The summed E-state index contributed by atoms with van der Waals surface area (Å²) in [6.07, 6.45) is 1.21. The Morgan fingerprint density at radius 1 is 1.50 bits per heavy atom. The molecule has 0 saturated carbocycles. The van der Waals surface area contributed by atoms with Crippen LogP contribution in [0.25, 0.3) is 10.9 Å². The first-order chi connectivity index (χ1) is 9.41. The Kier molecular flexibility index (Phi) is 2.82. The van der Waals surface area contributed by atoms with Crippen LogP contribution in [0.15, 0.2) is 22.0 Å². The van der Waals surface area contributed by atoms with Crippen molar-refractivity contribution in [1.82, 2.24) is 4.57 Å². The van der Waals surface area contributed by atoms with Crippen molar-refractivity contribution in [2.75, 3.05) is 5.75 Å². The van der Waals surface area contributed by atoms with Crippen molar-refractivity contribution in [2.24, 2.45) is 0 Å². The maximum atomic E-state index is 13.8. The van der Waals surface area contributed by atoms with E-state index in [2.05, 4.69) is 0 Å². The molecule has 1 atom stereocenters. The van der Waals surface area contributed by atoms with Crippen LogP contribution in [0.1, 0.15) is 23.3 Å². The Morgan fingerprint density at radius 2 is 2.20 bits per heavy atom. The molecule has 0 aliphatic carbocycles. The summed E-state index contributed by atoms with van der Waals surface area (Å²) in [7, 11) is 0. The number of benzene rings is 1. The van der Waals surface area contributed by atoms with E-state index in [-0.39, 0.29) is 21.8 Å². The van der Waals surface area contributed by atoms with Crippen LogP contribution in [-0.2, 0) is 0 Å². The molecule has 20 heavy (non-hydrogen) atoms. The van der Waals surface area contributed by atoms with Crippen LogP contribution in [0, 0.1) is 11.6 Å². The van der Waals surface area contributed by atoms with Gasteiger partial charge in [0.1, 0.15) is 5.56 Å². The van der Waals surface area contributed by atoms with Gasteiger partial charge in [0.05, 0.1) is 15.8 Å². The molecule has 0 radical (unpaired) electrons. The molecular formula is C13H9F2NO3S. The average molecular weight is 297 g/mol. The van der Waals surface area contributed by atoms with Gasteiger partial charge in [-0.25, -0.2) is 13.6 Å². The van der Waals surface area contributed by atoms with E-state index in [1.165, 1.54) is 10.8 Å². The third-order valence-electron chi connectivity index (χ3n) is 3.34. The standard InChI is InChI=1S/C13H9F2NO3S/c1-5-4-20-12-9(15)8(14)2-6-10(12)16(5)3-7(11(6)17)13(18)19/h2-3,5H,4H2,1H3,(H,18,19). The molecule has 0 saturated heterocycles. The monoisotopic (exact) mass is 297 g/mol. The number of hydrogen-bond acceptors (Lipinski definition) is 3. The Hall–Kier alpha value is -1.89. The van der Waals surface area contributed by atoms with Gasteiger partial charge in [-0.3, -0.25) is 4.79 Å². The quantitative estimate of drug-likeness (QED) is 0.879. The first-order valence-corrected chi connectivity index (χ1v) is 6.83. The molecule has 1 aromatic carbocycles. The van der Waals surface area contributed by atoms with Gasteiger partial charge in [0.2, 0.25) is 5.43 Å². The number of aromatic carboxylic acids is 1. The summed E-state index contributed by atoms with van der Waals surface area (Å²) < 4.78 is 29.0. The van der Waals surface area contributed by atoms with E-state index in [4.69, 9.17) is 5.11 Å². The molecule has 1 aromatic heterocycles. The van der Waals surface area contributed by atoms with Crippen LogP contribution in [0.4, 0.5) is 8.78 Å². The second-order valence-corrected chi connectivity index (χ2v) is 5.67. The Balaban J connectivity index is 2.57. The minimum atomic E-state index is -1.38. The molecule has 0 spiro atoms. The fraction of sp³-hybridized carbons (Fsp3) is 0.231. The number of rotatable bonds is 1. The fourth-order valence-electron chi connectivity index (χ4n) is 2.35. The number of carboxylic acids is 1. The molecule has 0 bridgehead atoms. The lowest BCUT2D eigenvalue weighted by Gasteiger charge is -2.26. The summed E-state index contributed by atoms with van der Waals surface area (Å²) >= 11 is 1.13. The van der Waals surface area contributed by atoms with Gasteiger partial charge < -0.3 is 9.67 Å². The molecule has 2 aromatic rings. The van der Waals surface area contributed by atoms with Crippen molar-refractivity contribution in [1.29, 1.82) is 0 Å². The maximum Gasteiger partial charge on any atom is 0.341 e. The first kappa shape index (κ1) is 13.1. The van der Waals surface area contributed by atoms with Gasteiger partial charge >= 0.3 is 5.97 Å². The highest BCUT2D eigenvalue weighted by Crippen LogP contribution is 2.38. The number of carbonyl (C=O) groups is 1. The molecule has 1 aliphatic heterocycles. The van der Waals surface area contributed by atoms with Crippen molar-refractivity contribution in [3.63, 3.8) is 0 Å². The molecule has 4 nitrogen and oxygen atoms in total. The molecule has 7 heteroatoms. The predicted octanol–water partition coefficient (Wildman–Crippen LogP) is 2.64. The lowest BCUT2D eigenvalue weighted by Crippen LogP contribution is -2.24. The zero-order chi connectivity index (χ0) is 14.6. The van der Waals surface area contributed by atoms with Crippen LogP contribution in [0.5, 0.6) is 0 Å². The zero-order valence-electron chi connectivity index (χ0n) is 10.3. The average Bonchev–Trinajstić information content (AvgIpc) is 2.39. The molecular weight excluding hydrogens is 288 g/mol. The van der Waals surface area contributed by atoms with E-state index in [1.807, 2.05) is 6.92 Å². The van der Waals surface area contributed by atoms with Gasteiger partial charge in [0, 0.05) is 18.0 Å². The van der Waals surface area contributed by atoms with Crippen molar-refractivity contribution < 1.29 is 18.7 Å². The third kappa shape index (κ3) is 1.66. The number of nitrogens with zero attached hydrogens (tertiary/aromatic N) is 1. The molecule has 2 heterocycles. The fourth-order valence-corrected chi connectivity index (χ4v) is 3.49. The maximum absolute atomic E-state index is 13.8. The predicted molar refractivity (Wildman–Crippen MR) is 70.5 cm³/mol. The number of carboxylic acid groups (broad SMARTS) is 1. The largest absolute Gasteiger partial charge is 0.477 e. The number of halogens is 2. The summed E-state index contributed by atoms with van der Waals surface area (Å²) in [4.78, 5) is 23.3. The Labute approximate surface area is 116 Å². The summed E-state index contributed by atoms with van der Waals surface area (Å²) in [6.45, 7) is 1.83. The van der Waals surface area contributed by atoms with Crippen molar-refractivity contribution >= 4 is 28.6 Å². The molecule has 3 rings (SSSR count). The molecule has 1 N–H and O–H groups in total. The van der Waals surface area contributed by atoms with Gasteiger partial charge in [0.15, 0.2) is 11.6 Å². The lowest BCUT2D eigenvalue weighted by atomic mass is 10.1. The highest BCUT2D eigenvalue weighted by Gasteiger charge is 2.27. The summed E-state index contributed by atoms with van der Waals surface area (Å²) in [5.74, 6) is -3.03. The van der Waals surface area contributed by atoms with Crippen LogP contribution in [0.3, 0.4) is 0 Å².